The van der Waals surface area contributed by atoms with E-state index in [1.54, 1.807) is 30.5 Å². The molecule has 0 aliphatic carbocycles. The quantitative estimate of drug-likeness (QED) is 0.520. The van der Waals surface area contributed by atoms with Gasteiger partial charge in [-0.1, -0.05) is 6.58 Å². The zero-order valence-corrected chi connectivity index (χ0v) is 6.57. The molecule has 0 aliphatic rings. The van der Waals surface area contributed by atoms with Gasteiger partial charge in [0.05, 0.1) is 6.20 Å². The first kappa shape index (κ1) is 8.31. The Morgan fingerprint density at radius 1 is 1.33 bits per heavy atom. The summed E-state index contributed by atoms with van der Waals surface area (Å²) >= 11 is 0. The molecule has 1 aromatic carbocycles. The summed E-state index contributed by atoms with van der Waals surface area (Å²) in [5.74, 6) is 0.256. The van der Waals surface area contributed by atoms with Gasteiger partial charge in [0, 0.05) is 6.21 Å². The Balaban J connectivity index is 2.77. The van der Waals surface area contributed by atoms with Crippen LogP contribution in [0.5, 0.6) is 5.75 Å². The molecule has 0 unspecified atom stereocenters. The van der Waals surface area contributed by atoms with E-state index < -0.39 is 0 Å². The smallest absolute Gasteiger partial charge is 0.115 e. The number of nitrogens with zero attached hydrogens (tertiary/aromatic N) is 1. The molecule has 2 heteroatoms. The van der Waals surface area contributed by atoms with Crippen LogP contribution in [0.3, 0.4) is 0 Å². The fraction of sp³-hybridized carbons (Fsp3) is 0. The minimum Gasteiger partial charge on any atom is -0.508 e. The number of aromatic hydroxyl groups is 1. The summed E-state index contributed by atoms with van der Waals surface area (Å²) in [6.45, 7) is 3.37. The number of hydrogen-bond donors (Lipinski definition) is 1. The number of hydrogen-bond acceptors (Lipinski definition) is 2. The molecular formula is C10H9NO. The molecule has 0 saturated carbocycles. The van der Waals surface area contributed by atoms with Crippen molar-refractivity contribution >= 4 is 6.21 Å². The topological polar surface area (TPSA) is 32.6 Å². The Labute approximate surface area is 71.2 Å². The van der Waals surface area contributed by atoms with Crippen molar-refractivity contribution in [3.8, 4) is 5.75 Å². The highest BCUT2D eigenvalue weighted by Crippen LogP contribution is 2.07. The normalized spacial score (nSPS) is 9.67. The highest BCUT2D eigenvalue weighted by molar-refractivity contribution is 5.80. The molecule has 1 aromatic rings. The SMILES string of the molecule is C=C=CN=Cc1ccc(O)cc1. The first-order valence-corrected chi connectivity index (χ1v) is 3.49. The first-order valence-electron chi connectivity index (χ1n) is 3.49. The Kier molecular flexibility index (Phi) is 2.88. The minimum atomic E-state index is 0.256. The Bertz CT molecular complexity index is 318. The van der Waals surface area contributed by atoms with Gasteiger partial charge in [-0.05, 0) is 29.8 Å². The van der Waals surface area contributed by atoms with Crippen molar-refractivity contribution in [1.29, 1.82) is 0 Å². The molecular weight excluding hydrogens is 150 g/mol. The van der Waals surface area contributed by atoms with Crippen molar-refractivity contribution < 1.29 is 5.11 Å². The molecule has 1 rings (SSSR count). The summed E-state index contributed by atoms with van der Waals surface area (Å²) in [6, 6.07) is 6.77. The summed E-state index contributed by atoms with van der Waals surface area (Å²) < 4.78 is 0. The zero-order valence-electron chi connectivity index (χ0n) is 6.57. The maximum absolute atomic E-state index is 8.95. The van der Waals surface area contributed by atoms with Gasteiger partial charge in [0.2, 0.25) is 0 Å². The largest absolute Gasteiger partial charge is 0.508 e. The van der Waals surface area contributed by atoms with Crippen molar-refractivity contribution in [1.82, 2.24) is 0 Å². The monoisotopic (exact) mass is 159 g/mol. The molecule has 12 heavy (non-hydrogen) atoms. The van der Waals surface area contributed by atoms with Crippen LogP contribution in [0.25, 0.3) is 0 Å². The Morgan fingerprint density at radius 2 is 2.00 bits per heavy atom. The van der Waals surface area contributed by atoms with Gasteiger partial charge in [-0.2, -0.15) is 0 Å². The predicted octanol–water partition coefficient (Wildman–Crippen LogP) is 2.11. The number of rotatable bonds is 2. The van der Waals surface area contributed by atoms with Crippen LogP contribution in [0, 0.1) is 0 Å². The van der Waals surface area contributed by atoms with E-state index in [9.17, 15) is 0 Å². The highest BCUT2D eigenvalue weighted by atomic mass is 16.3. The summed E-state index contributed by atoms with van der Waals surface area (Å²) in [5, 5.41) is 8.95. The molecule has 1 N–H and O–H groups in total. The van der Waals surface area contributed by atoms with Crippen LogP contribution in [-0.4, -0.2) is 11.3 Å². The van der Waals surface area contributed by atoms with E-state index >= 15 is 0 Å². The van der Waals surface area contributed by atoms with Crippen LogP contribution >= 0.6 is 0 Å². The fourth-order valence-electron chi connectivity index (χ4n) is 0.736. The highest BCUT2D eigenvalue weighted by Gasteiger charge is 1.86. The molecule has 0 radical (unpaired) electrons. The first-order chi connectivity index (χ1) is 5.83. The predicted molar refractivity (Wildman–Crippen MR) is 49.4 cm³/mol. The third-order valence-corrected chi connectivity index (χ3v) is 1.28. The number of benzene rings is 1. The molecule has 0 fully saturated rings. The maximum Gasteiger partial charge on any atom is 0.115 e. The van der Waals surface area contributed by atoms with E-state index in [0.29, 0.717) is 0 Å². The summed E-state index contributed by atoms with van der Waals surface area (Å²) in [4.78, 5) is 3.88. The molecule has 60 valence electrons. The summed E-state index contributed by atoms with van der Waals surface area (Å²) in [7, 11) is 0. The molecule has 0 aromatic heterocycles. The molecule has 2 nitrogen and oxygen atoms in total. The van der Waals surface area contributed by atoms with E-state index in [0.717, 1.165) is 5.56 Å². The van der Waals surface area contributed by atoms with Crippen LogP contribution in [0.4, 0.5) is 0 Å². The van der Waals surface area contributed by atoms with E-state index in [4.69, 9.17) is 5.11 Å². The van der Waals surface area contributed by atoms with Gasteiger partial charge in [0.25, 0.3) is 0 Å². The second kappa shape index (κ2) is 4.16. The van der Waals surface area contributed by atoms with Crippen molar-refractivity contribution in [3.63, 3.8) is 0 Å². The molecule has 0 heterocycles. The van der Waals surface area contributed by atoms with Crippen molar-refractivity contribution in [2.45, 2.75) is 0 Å². The lowest BCUT2D eigenvalue weighted by molar-refractivity contribution is 0.475. The zero-order chi connectivity index (χ0) is 8.81. The van der Waals surface area contributed by atoms with E-state index in [-0.39, 0.29) is 5.75 Å². The van der Waals surface area contributed by atoms with Gasteiger partial charge in [0.1, 0.15) is 5.75 Å². The van der Waals surface area contributed by atoms with E-state index in [2.05, 4.69) is 17.3 Å². The third kappa shape index (κ3) is 2.45. The van der Waals surface area contributed by atoms with Crippen molar-refractivity contribution in [2.24, 2.45) is 4.99 Å². The summed E-state index contributed by atoms with van der Waals surface area (Å²) in [6.07, 6.45) is 3.14. The van der Waals surface area contributed by atoms with Crippen molar-refractivity contribution in [3.05, 3.63) is 48.3 Å². The van der Waals surface area contributed by atoms with Crippen molar-refractivity contribution in [2.75, 3.05) is 0 Å². The Morgan fingerprint density at radius 3 is 2.58 bits per heavy atom. The van der Waals surface area contributed by atoms with Gasteiger partial charge in [-0.25, -0.2) is 0 Å². The van der Waals surface area contributed by atoms with Crippen LogP contribution in [0.2, 0.25) is 0 Å². The van der Waals surface area contributed by atoms with Crippen LogP contribution in [0.15, 0.2) is 47.8 Å². The molecule has 0 atom stereocenters. The third-order valence-electron chi connectivity index (χ3n) is 1.28. The van der Waals surface area contributed by atoms with Gasteiger partial charge >= 0.3 is 0 Å². The Hall–Kier alpha value is -1.79. The van der Waals surface area contributed by atoms with E-state index in [1.807, 2.05) is 0 Å². The van der Waals surface area contributed by atoms with Gasteiger partial charge in [-0.3, -0.25) is 4.99 Å². The lowest BCUT2D eigenvalue weighted by Crippen LogP contribution is -1.77. The minimum absolute atomic E-state index is 0.256. The number of aliphatic imine (C=N–C) groups is 1. The number of phenols is 1. The van der Waals surface area contributed by atoms with Crippen LogP contribution in [-0.2, 0) is 0 Å². The lowest BCUT2D eigenvalue weighted by atomic mass is 10.2. The maximum atomic E-state index is 8.95. The number of phenolic OH excluding ortho intramolecular Hbond substituents is 1. The average Bonchev–Trinajstić information content (AvgIpc) is 2.09. The van der Waals surface area contributed by atoms with Gasteiger partial charge in [0.15, 0.2) is 0 Å². The molecule has 0 aliphatic heterocycles. The van der Waals surface area contributed by atoms with Crippen LogP contribution < -0.4 is 0 Å². The fourth-order valence-corrected chi connectivity index (χ4v) is 0.736. The van der Waals surface area contributed by atoms with Gasteiger partial charge < -0.3 is 5.11 Å². The lowest BCUT2D eigenvalue weighted by Gasteiger charge is -1.91. The standard InChI is InChI=1S/C10H9NO/c1-2-7-11-8-9-3-5-10(12)6-4-9/h3-8,12H,1H2. The second-order valence-electron chi connectivity index (χ2n) is 2.20. The van der Waals surface area contributed by atoms with E-state index in [1.165, 1.54) is 6.20 Å². The van der Waals surface area contributed by atoms with Gasteiger partial charge in [-0.15, -0.1) is 5.73 Å². The molecule has 0 saturated heterocycles. The molecule has 0 spiro atoms. The average molecular weight is 159 g/mol. The summed E-state index contributed by atoms with van der Waals surface area (Å²) in [5.41, 5.74) is 3.46. The molecule has 0 amide bonds. The van der Waals surface area contributed by atoms with Crippen LogP contribution in [0.1, 0.15) is 5.56 Å². The second-order valence-corrected chi connectivity index (χ2v) is 2.20. The molecule has 0 bridgehead atoms.